The number of phenolic OH excluding ortho intramolecular Hbond substituents is 1. The van der Waals surface area contributed by atoms with Gasteiger partial charge in [0.15, 0.2) is 0 Å². The number of hydrogen-bond donors (Lipinski definition) is 12. The van der Waals surface area contributed by atoms with Crippen LogP contribution in [0.15, 0.2) is 65.5 Å². The number of alkyl carbamates (subject to hydrolysis) is 1. The normalized spacial score (nSPS) is 13.4. The number of carbonyl (C=O) groups is 10. The molecule has 2 aromatic carbocycles. The van der Waals surface area contributed by atoms with Crippen LogP contribution in [0.1, 0.15) is 49.4 Å². The first kappa shape index (κ1) is 52.7. The van der Waals surface area contributed by atoms with Crippen molar-refractivity contribution in [2.75, 3.05) is 13.2 Å². The van der Waals surface area contributed by atoms with E-state index >= 15 is 0 Å². The number of aliphatic hydroxyl groups excluding tert-OH is 1. The summed E-state index contributed by atoms with van der Waals surface area (Å²) >= 11 is 1.15. The summed E-state index contributed by atoms with van der Waals surface area (Å²) in [7, 11) is 0. The summed E-state index contributed by atoms with van der Waals surface area (Å²) in [6.45, 7) is -0.579. The molecule has 6 atom stereocenters. The summed E-state index contributed by atoms with van der Waals surface area (Å²) in [6.07, 6.45) is -3.54. The van der Waals surface area contributed by atoms with E-state index in [2.05, 4.69) is 42.2 Å². The minimum atomic E-state index is -1.82. The van der Waals surface area contributed by atoms with E-state index in [1.54, 1.807) is 35.7 Å². The Bertz CT molecular complexity index is 2160. The molecule has 0 aliphatic heterocycles. The third-order valence-electron chi connectivity index (χ3n) is 9.32. The average molecular weight is 942 g/mol. The van der Waals surface area contributed by atoms with Gasteiger partial charge in [-0.3, -0.25) is 43.2 Å². The Hall–Kier alpha value is -7.67. The van der Waals surface area contributed by atoms with Gasteiger partial charge in [0, 0.05) is 31.1 Å². The molecule has 0 unspecified atom stereocenters. The largest absolute Gasteiger partial charge is 0.508 e. The lowest BCUT2D eigenvalue weighted by Gasteiger charge is -2.26. The number of nitrogens with zero attached hydrogens (tertiary/aromatic N) is 1. The number of aromatic nitrogens is 1. The van der Waals surface area contributed by atoms with Gasteiger partial charge >= 0.3 is 18.0 Å². The number of aliphatic carboxylic acids is 2. The first-order valence-corrected chi connectivity index (χ1v) is 21.0. The van der Waals surface area contributed by atoms with E-state index in [1.807, 2.05) is 0 Å². The summed E-state index contributed by atoms with van der Waals surface area (Å²) in [5.74, 6) is -9.85. The molecule has 0 bridgehead atoms. The van der Waals surface area contributed by atoms with Gasteiger partial charge in [-0.25, -0.2) is 9.78 Å². The Balaban J connectivity index is 1.72. The number of carboxylic acid groups (broad SMARTS) is 2. The van der Waals surface area contributed by atoms with Gasteiger partial charge in [0.2, 0.25) is 41.4 Å². The molecule has 3 rings (SSSR count). The van der Waals surface area contributed by atoms with Crippen LogP contribution in [0, 0.1) is 0 Å². The van der Waals surface area contributed by atoms with Crippen LogP contribution in [-0.2, 0) is 67.3 Å². The van der Waals surface area contributed by atoms with Gasteiger partial charge in [-0.05, 0) is 43.0 Å². The molecule has 0 saturated heterocycles. The van der Waals surface area contributed by atoms with Gasteiger partial charge in [-0.1, -0.05) is 42.5 Å². The molecule has 13 N–H and O–H groups in total. The van der Waals surface area contributed by atoms with E-state index < -0.39 is 128 Å². The van der Waals surface area contributed by atoms with E-state index in [9.17, 15) is 63.3 Å². The van der Waals surface area contributed by atoms with Crippen molar-refractivity contribution < 1.29 is 73.1 Å². The summed E-state index contributed by atoms with van der Waals surface area (Å²) in [6, 6.07) is 5.07. The fourth-order valence-electron chi connectivity index (χ4n) is 5.78. The number of nitrogens with two attached hydrogens (primary N) is 1. The van der Waals surface area contributed by atoms with Gasteiger partial charge in [0.25, 0.3) is 0 Å². The van der Waals surface area contributed by atoms with Gasteiger partial charge in [0.1, 0.15) is 48.6 Å². The molecule has 8 amide bonds. The van der Waals surface area contributed by atoms with Crippen LogP contribution in [0.4, 0.5) is 4.79 Å². The highest BCUT2D eigenvalue weighted by molar-refractivity contribution is 7.07. The monoisotopic (exact) mass is 941 g/mol. The lowest BCUT2D eigenvalue weighted by molar-refractivity contribution is -0.139. The number of thiazole rings is 1. The number of ether oxygens (including phenoxy) is 1. The summed E-state index contributed by atoms with van der Waals surface area (Å²) in [4.78, 5) is 131. The van der Waals surface area contributed by atoms with Crippen molar-refractivity contribution in [3.63, 3.8) is 0 Å². The van der Waals surface area contributed by atoms with Crippen molar-refractivity contribution in [3.8, 4) is 5.75 Å². The third kappa shape index (κ3) is 19.0. The smallest absolute Gasteiger partial charge is 0.408 e. The molecule has 25 heteroatoms. The SMILES string of the molecule is C[C@H](NC(=O)OCc1ccccc1)C(=O)NCC(=O)N[C@@H](CCC(=O)O)C(=O)N[C@@H](CO)C(=O)N[C@@H](Cc1cscn1)C(=O)N[C@@H](Cc1ccc(O)cc1)C(=O)N[C@@H](CCC(=O)O)C(N)=O. The minimum absolute atomic E-state index is 0.0743. The Morgan fingerprint density at radius 3 is 1.77 bits per heavy atom. The van der Waals surface area contributed by atoms with E-state index in [-0.39, 0.29) is 31.6 Å². The molecular formula is C41H51N9O15S. The van der Waals surface area contributed by atoms with Crippen molar-refractivity contribution in [2.45, 2.75) is 88.3 Å². The van der Waals surface area contributed by atoms with Crippen molar-refractivity contribution in [1.82, 2.24) is 42.2 Å². The van der Waals surface area contributed by atoms with Crippen LogP contribution in [0.25, 0.3) is 0 Å². The number of carbonyl (C=O) groups excluding carboxylic acids is 8. The molecule has 0 saturated carbocycles. The lowest BCUT2D eigenvalue weighted by atomic mass is 10.0. The van der Waals surface area contributed by atoms with Crippen LogP contribution in [0.3, 0.4) is 0 Å². The third-order valence-corrected chi connectivity index (χ3v) is 9.96. The average Bonchev–Trinajstić information content (AvgIpc) is 3.80. The van der Waals surface area contributed by atoms with E-state index in [4.69, 9.17) is 15.6 Å². The van der Waals surface area contributed by atoms with Crippen molar-refractivity contribution in [1.29, 1.82) is 0 Å². The number of phenols is 1. The first-order valence-electron chi connectivity index (χ1n) is 20.1. The van der Waals surface area contributed by atoms with E-state index in [0.29, 0.717) is 16.8 Å². The molecule has 1 heterocycles. The fraction of sp³-hybridized carbons (Fsp3) is 0.390. The molecule has 66 heavy (non-hydrogen) atoms. The molecule has 3 aromatic rings. The molecule has 0 aliphatic rings. The molecule has 356 valence electrons. The van der Waals surface area contributed by atoms with Crippen LogP contribution in [-0.4, -0.2) is 134 Å². The second-order valence-corrected chi connectivity index (χ2v) is 15.2. The highest BCUT2D eigenvalue weighted by Crippen LogP contribution is 2.13. The summed E-state index contributed by atoms with van der Waals surface area (Å²) < 4.78 is 5.07. The number of primary amides is 1. The minimum Gasteiger partial charge on any atom is -0.508 e. The molecule has 0 fully saturated rings. The van der Waals surface area contributed by atoms with E-state index in [1.165, 1.54) is 36.7 Å². The zero-order chi connectivity index (χ0) is 48.8. The van der Waals surface area contributed by atoms with Gasteiger partial charge in [0.05, 0.1) is 24.4 Å². The number of aromatic hydroxyl groups is 1. The number of rotatable bonds is 27. The highest BCUT2D eigenvalue weighted by atomic mass is 32.1. The van der Waals surface area contributed by atoms with Gasteiger partial charge < -0.3 is 68.1 Å². The van der Waals surface area contributed by atoms with Crippen LogP contribution >= 0.6 is 11.3 Å². The van der Waals surface area contributed by atoms with E-state index in [0.717, 1.165) is 11.3 Å². The molecular weight excluding hydrogens is 891 g/mol. The zero-order valence-corrected chi connectivity index (χ0v) is 36.2. The first-order chi connectivity index (χ1) is 31.3. The highest BCUT2D eigenvalue weighted by Gasteiger charge is 2.33. The summed E-state index contributed by atoms with van der Waals surface area (Å²) in [5.41, 5.74) is 8.23. The summed E-state index contributed by atoms with van der Waals surface area (Å²) in [5, 5.41) is 56.1. The topological polar surface area (TPSA) is 384 Å². The number of carboxylic acids is 2. The molecule has 24 nitrogen and oxygen atoms in total. The molecule has 0 spiro atoms. The Morgan fingerprint density at radius 1 is 0.667 bits per heavy atom. The molecule has 0 radical (unpaired) electrons. The Kier molecular flexibility index (Phi) is 21.4. The maximum Gasteiger partial charge on any atom is 0.408 e. The second kappa shape index (κ2) is 26.8. The second-order valence-electron chi connectivity index (χ2n) is 14.5. The number of amides is 8. The van der Waals surface area contributed by atoms with Crippen molar-refractivity contribution in [3.05, 3.63) is 82.3 Å². The predicted molar refractivity (Wildman–Crippen MR) is 230 cm³/mol. The number of benzene rings is 2. The zero-order valence-electron chi connectivity index (χ0n) is 35.4. The quantitative estimate of drug-likeness (QED) is 0.0382. The van der Waals surface area contributed by atoms with Gasteiger partial charge in [-0.15, -0.1) is 11.3 Å². The van der Waals surface area contributed by atoms with Crippen molar-refractivity contribution in [2.24, 2.45) is 5.73 Å². The Morgan fingerprint density at radius 2 is 1.21 bits per heavy atom. The molecule has 0 aliphatic carbocycles. The molecule has 1 aromatic heterocycles. The van der Waals surface area contributed by atoms with Crippen molar-refractivity contribution >= 4 is 70.7 Å². The Labute approximate surface area is 380 Å². The standard InChI is InChI=1S/C41H51N9O15S/c1-22(45-41(64)65-19-24-5-3-2-4-6-24)36(59)43-17-32(53)46-28(12-14-34(56)57)37(60)50-31(18-51)40(63)49-30(16-25-20-66-21-44-25)39(62)48-29(15-23-7-9-26(52)10-8-23)38(61)47-27(35(42)58)11-13-33(54)55/h2-10,20-22,27-31,51-52H,11-19H2,1H3,(H2,42,58)(H,43,59)(H,45,64)(H,46,53)(H,47,61)(H,48,62)(H,49,63)(H,50,60)(H,54,55)(H,56,57)/t22-,27-,28-,29-,30-,31-/m0/s1. The fourth-order valence-corrected chi connectivity index (χ4v) is 6.35. The van der Waals surface area contributed by atoms with Crippen LogP contribution < -0.4 is 43.0 Å². The lowest BCUT2D eigenvalue weighted by Crippen LogP contribution is -2.60. The van der Waals surface area contributed by atoms with Gasteiger partial charge in [-0.2, -0.15) is 0 Å². The van der Waals surface area contributed by atoms with Crippen LogP contribution in [0.2, 0.25) is 0 Å². The maximum atomic E-state index is 13.9. The number of hydrogen-bond acceptors (Lipinski definition) is 15. The maximum absolute atomic E-state index is 13.9. The number of nitrogens with one attached hydrogen (secondary N) is 7. The van der Waals surface area contributed by atoms with Crippen LogP contribution in [0.5, 0.6) is 5.75 Å². The number of aliphatic hydroxyl groups is 1. The predicted octanol–water partition coefficient (Wildman–Crippen LogP) is -2.30.